The highest BCUT2D eigenvalue weighted by Crippen LogP contribution is 2.69. The lowest BCUT2D eigenvalue weighted by Gasteiger charge is -2.63. The van der Waals surface area contributed by atoms with Crippen LogP contribution < -0.4 is 0 Å². The Hall–Kier alpha value is -0.340. The molecule has 4 aliphatic carbocycles. The highest BCUT2D eigenvalue weighted by molar-refractivity contribution is 5.16. The zero-order valence-electron chi connectivity index (χ0n) is 20.3. The van der Waals surface area contributed by atoms with E-state index in [1.807, 2.05) is 0 Å². The molecule has 0 unspecified atom stereocenters. The quantitative estimate of drug-likeness (QED) is 0.488. The van der Waals surface area contributed by atoms with Crippen molar-refractivity contribution in [2.45, 2.75) is 98.5 Å². The van der Waals surface area contributed by atoms with E-state index < -0.39 is 0 Å². The van der Waals surface area contributed by atoms with Gasteiger partial charge >= 0.3 is 0 Å². The summed E-state index contributed by atoms with van der Waals surface area (Å²) in [5.41, 5.74) is 0.617. The van der Waals surface area contributed by atoms with Gasteiger partial charge in [0.1, 0.15) is 0 Å². The monoisotopic (exact) mass is 416 g/mol. The smallest absolute Gasteiger partial charge is 0.0629 e. The minimum Gasteiger partial charge on any atom is -0.396 e. The highest BCUT2D eigenvalue weighted by Gasteiger charge is 2.64. The summed E-state index contributed by atoms with van der Waals surface area (Å²) in [5, 5.41) is 21.9. The molecule has 2 heteroatoms. The molecule has 2 nitrogen and oxygen atoms in total. The third-order valence-electron chi connectivity index (χ3n) is 10.9. The standard InChI is InChI=1S/C28H48O2/c1-18(2)9-8-10-19(3)21-12-13-22-25-20(17-29)26(30)24-11-6-7-15-27(24,4)23(25)14-16-28(21,22)5/h6-7,18-26,29-30H,8-17H2,1-5H3/t19-,20+,21-,22+,23+,24-,25+,26-,27-,28-/m1/s1. The first kappa shape index (κ1) is 22.8. The van der Waals surface area contributed by atoms with Crippen molar-refractivity contribution in [1.29, 1.82) is 0 Å². The molecule has 0 radical (unpaired) electrons. The Morgan fingerprint density at radius 3 is 2.37 bits per heavy atom. The minimum absolute atomic E-state index is 0.0826. The van der Waals surface area contributed by atoms with Crippen LogP contribution >= 0.6 is 0 Å². The lowest BCUT2D eigenvalue weighted by atomic mass is 9.42. The molecule has 0 spiro atoms. The summed E-state index contributed by atoms with van der Waals surface area (Å²) in [6.07, 6.45) is 15.9. The largest absolute Gasteiger partial charge is 0.396 e. The molecule has 0 saturated heterocycles. The Labute approximate surface area is 185 Å². The van der Waals surface area contributed by atoms with Crippen molar-refractivity contribution in [3.8, 4) is 0 Å². The Morgan fingerprint density at radius 2 is 1.67 bits per heavy atom. The molecule has 0 aliphatic heterocycles. The van der Waals surface area contributed by atoms with Gasteiger partial charge in [0, 0.05) is 12.5 Å². The fraction of sp³-hybridized carbons (Fsp3) is 0.929. The number of hydrogen-bond donors (Lipinski definition) is 2. The molecule has 4 aliphatic rings. The maximum absolute atomic E-state index is 11.4. The fourth-order valence-corrected chi connectivity index (χ4v) is 9.30. The molecule has 0 aromatic carbocycles. The number of allylic oxidation sites excluding steroid dienone is 2. The van der Waals surface area contributed by atoms with E-state index in [1.54, 1.807) is 0 Å². The Kier molecular flexibility index (Phi) is 6.50. The molecule has 10 atom stereocenters. The van der Waals surface area contributed by atoms with Crippen molar-refractivity contribution in [1.82, 2.24) is 0 Å². The number of aliphatic hydroxyl groups excluding tert-OH is 2. The summed E-state index contributed by atoms with van der Waals surface area (Å²) < 4.78 is 0. The van der Waals surface area contributed by atoms with Crippen molar-refractivity contribution >= 4 is 0 Å². The van der Waals surface area contributed by atoms with Gasteiger partial charge in [0.2, 0.25) is 0 Å². The van der Waals surface area contributed by atoms with Crippen molar-refractivity contribution in [2.75, 3.05) is 6.61 Å². The normalized spacial score (nSPS) is 48.9. The SMILES string of the molecule is CC(C)CCC[C@@H](C)[C@H]1CC[C@H]2[C@@H]3[C@H](CO)[C@@H](O)[C@H]4CC=CC[C@]4(C)[C@H]3CC[C@]12C. The van der Waals surface area contributed by atoms with Crippen LogP contribution in [0.1, 0.15) is 92.4 Å². The van der Waals surface area contributed by atoms with Crippen LogP contribution in [-0.2, 0) is 0 Å². The lowest BCUT2D eigenvalue weighted by molar-refractivity contribution is -0.188. The number of fused-ring (bicyclic) bond motifs is 5. The average Bonchev–Trinajstić information content (AvgIpc) is 3.05. The second-order valence-electron chi connectivity index (χ2n) is 12.7. The van der Waals surface area contributed by atoms with Crippen molar-refractivity contribution in [3.05, 3.63) is 12.2 Å². The van der Waals surface area contributed by atoms with Crippen LogP contribution in [0.3, 0.4) is 0 Å². The van der Waals surface area contributed by atoms with Crippen molar-refractivity contribution in [2.24, 2.45) is 58.2 Å². The minimum atomic E-state index is -0.337. The van der Waals surface area contributed by atoms with E-state index in [1.165, 1.54) is 44.9 Å². The average molecular weight is 417 g/mol. The molecule has 0 aromatic heterocycles. The lowest BCUT2D eigenvalue weighted by Crippen LogP contribution is -2.61. The second kappa shape index (κ2) is 8.54. The zero-order chi connectivity index (χ0) is 21.7. The molecule has 172 valence electrons. The van der Waals surface area contributed by atoms with Crippen LogP contribution in [0, 0.1) is 58.2 Å². The highest BCUT2D eigenvalue weighted by atomic mass is 16.3. The van der Waals surface area contributed by atoms with Gasteiger partial charge in [-0.3, -0.25) is 0 Å². The van der Waals surface area contributed by atoms with Gasteiger partial charge in [-0.1, -0.05) is 66.0 Å². The maximum Gasteiger partial charge on any atom is 0.0629 e. The van der Waals surface area contributed by atoms with E-state index in [2.05, 4.69) is 46.8 Å². The molecular weight excluding hydrogens is 368 g/mol. The molecule has 30 heavy (non-hydrogen) atoms. The van der Waals surface area contributed by atoms with Crippen LogP contribution in [0.4, 0.5) is 0 Å². The predicted molar refractivity (Wildman–Crippen MR) is 125 cm³/mol. The first-order valence-corrected chi connectivity index (χ1v) is 13.2. The summed E-state index contributed by atoms with van der Waals surface area (Å²) in [6, 6.07) is 0. The van der Waals surface area contributed by atoms with Gasteiger partial charge < -0.3 is 10.2 Å². The van der Waals surface area contributed by atoms with E-state index in [0.717, 1.165) is 30.6 Å². The zero-order valence-corrected chi connectivity index (χ0v) is 20.3. The first-order valence-electron chi connectivity index (χ1n) is 13.2. The van der Waals surface area contributed by atoms with Crippen LogP contribution in [-0.4, -0.2) is 22.9 Å². The van der Waals surface area contributed by atoms with Crippen LogP contribution in [0.15, 0.2) is 12.2 Å². The van der Waals surface area contributed by atoms with Crippen molar-refractivity contribution in [3.63, 3.8) is 0 Å². The van der Waals surface area contributed by atoms with Crippen LogP contribution in [0.25, 0.3) is 0 Å². The van der Waals surface area contributed by atoms with E-state index in [-0.39, 0.29) is 24.0 Å². The van der Waals surface area contributed by atoms with Gasteiger partial charge in [0.25, 0.3) is 0 Å². The second-order valence-corrected chi connectivity index (χ2v) is 12.7. The van der Waals surface area contributed by atoms with Crippen molar-refractivity contribution < 1.29 is 10.2 Å². The third-order valence-corrected chi connectivity index (χ3v) is 10.9. The topological polar surface area (TPSA) is 40.5 Å². The van der Waals surface area contributed by atoms with Gasteiger partial charge in [-0.15, -0.1) is 0 Å². The van der Waals surface area contributed by atoms with E-state index in [9.17, 15) is 10.2 Å². The van der Waals surface area contributed by atoms with Gasteiger partial charge in [-0.2, -0.15) is 0 Å². The number of rotatable bonds is 6. The first-order chi connectivity index (χ1) is 14.2. The number of hydrogen-bond acceptors (Lipinski definition) is 2. The molecule has 3 fully saturated rings. The molecule has 4 rings (SSSR count). The Balaban J connectivity index is 1.58. The molecule has 3 saturated carbocycles. The van der Waals surface area contributed by atoms with Gasteiger partial charge in [0.05, 0.1) is 6.10 Å². The van der Waals surface area contributed by atoms with Gasteiger partial charge in [-0.05, 0) is 90.8 Å². The third kappa shape index (κ3) is 3.53. The molecular formula is C28H48O2. The summed E-state index contributed by atoms with van der Waals surface area (Å²) >= 11 is 0. The number of aliphatic hydroxyl groups is 2. The van der Waals surface area contributed by atoms with E-state index in [0.29, 0.717) is 29.1 Å². The van der Waals surface area contributed by atoms with Crippen LogP contribution in [0.2, 0.25) is 0 Å². The van der Waals surface area contributed by atoms with Gasteiger partial charge in [0.15, 0.2) is 0 Å². The molecule has 0 aromatic rings. The summed E-state index contributed by atoms with van der Waals surface area (Å²) in [5.74, 6) is 4.71. The maximum atomic E-state index is 11.4. The molecule has 0 heterocycles. The predicted octanol–water partition coefficient (Wildman–Crippen LogP) is 6.46. The fourth-order valence-electron chi connectivity index (χ4n) is 9.30. The Morgan fingerprint density at radius 1 is 0.933 bits per heavy atom. The molecule has 0 bridgehead atoms. The summed E-state index contributed by atoms with van der Waals surface area (Å²) in [6.45, 7) is 12.4. The molecule has 2 N–H and O–H groups in total. The molecule has 0 amide bonds. The summed E-state index contributed by atoms with van der Waals surface area (Å²) in [7, 11) is 0. The summed E-state index contributed by atoms with van der Waals surface area (Å²) in [4.78, 5) is 0. The van der Waals surface area contributed by atoms with Crippen LogP contribution in [0.5, 0.6) is 0 Å². The van der Waals surface area contributed by atoms with E-state index in [4.69, 9.17) is 0 Å². The van der Waals surface area contributed by atoms with Gasteiger partial charge in [-0.25, -0.2) is 0 Å². The Bertz CT molecular complexity index is 626. The van der Waals surface area contributed by atoms with E-state index >= 15 is 0 Å².